The van der Waals surface area contributed by atoms with E-state index in [0.717, 1.165) is 0 Å². The van der Waals surface area contributed by atoms with E-state index in [9.17, 15) is 14.4 Å². The van der Waals surface area contributed by atoms with Crippen molar-refractivity contribution in [3.05, 3.63) is 0 Å². The molecule has 6 heteroatoms. The zero-order valence-corrected chi connectivity index (χ0v) is 9.56. The second-order valence-corrected chi connectivity index (χ2v) is 3.30. The van der Waals surface area contributed by atoms with Gasteiger partial charge in [0, 0.05) is 6.42 Å². The number of rotatable bonds is 6. The van der Waals surface area contributed by atoms with Crippen molar-refractivity contribution in [1.82, 2.24) is 0 Å². The van der Waals surface area contributed by atoms with E-state index in [4.69, 9.17) is 9.84 Å². The van der Waals surface area contributed by atoms with Gasteiger partial charge in [-0.3, -0.25) is 4.79 Å². The first kappa shape index (κ1) is 14.4. The van der Waals surface area contributed by atoms with Crippen LogP contribution in [0.3, 0.4) is 0 Å². The third-order valence-corrected chi connectivity index (χ3v) is 1.73. The average Bonchev–Trinajstić information content (AvgIpc) is 2.17. The maximum absolute atomic E-state index is 11.2. The van der Waals surface area contributed by atoms with Crippen molar-refractivity contribution in [2.24, 2.45) is 0 Å². The quantitative estimate of drug-likeness (QED) is 0.679. The lowest BCUT2D eigenvalue weighted by molar-refractivity contribution is -0.174. The molecule has 0 spiro atoms. The number of carboxylic acids is 1. The van der Waals surface area contributed by atoms with Gasteiger partial charge < -0.3 is 14.6 Å². The number of carbonyl (C=O) groups is 3. The van der Waals surface area contributed by atoms with Gasteiger partial charge in [-0.1, -0.05) is 6.92 Å². The van der Waals surface area contributed by atoms with E-state index < -0.39 is 30.1 Å². The fourth-order valence-electron chi connectivity index (χ4n) is 0.829. The number of hydrogen-bond acceptors (Lipinski definition) is 5. The molecule has 0 aromatic rings. The second kappa shape index (κ2) is 6.81. The maximum atomic E-state index is 11.2. The van der Waals surface area contributed by atoms with Crippen molar-refractivity contribution < 1.29 is 29.0 Å². The third kappa shape index (κ3) is 5.33. The summed E-state index contributed by atoms with van der Waals surface area (Å²) < 4.78 is 9.26. The zero-order valence-electron chi connectivity index (χ0n) is 9.56. The number of esters is 2. The number of aliphatic carboxylic acids is 1. The molecule has 0 aliphatic rings. The molecule has 0 radical (unpaired) electrons. The van der Waals surface area contributed by atoms with Crippen LogP contribution in [0.15, 0.2) is 0 Å². The fourth-order valence-corrected chi connectivity index (χ4v) is 0.829. The molecule has 0 amide bonds. The first-order chi connectivity index (χ1) is 7.38. The Kier molecular flexibility index (Phi) is 6.14. The highest BCUT2D eigenvalue weighted by Gasteiger charge is 2.23. The number of ether oxygens (including phenoxy) is 2. The zero-order chi connectivity index (χ0) is 12.7. The van der Waals surface area contributed by atoms with Crippen LogP contribution in [0.5, 0.6) is 0 Å². The minimum absolute atomic E-state index is 0.214. The predicted molar refractivity (Wildman–Crippen MR) is 53.7 cm³/mol. The van der Waals surface area contributed by atoms with Crippen molar-refractivity contribution in [3.8, 4) is 0 Å². The van der Waals surface area contributed by atoms with Crippen LogP contribution in [0.4, 0.5) is 0 Å². The Morgan fingerprint density at radius 3 is 2.12 bits per heavy atom. The Bertz CT molecular complexity index is 272. The van der Waals surface area contributed by atoms with Crippen LogP contribution in [-0.2, 0) is 23.9 Å². The van der Waals surface area contributed by atoms with Gasteiger partial charge in [0.2, 0.25) is 0 Å². The summed E-state index contributed by atoms with van der Waals surface area (Å²) in [5, 5.41) is 8.49. The van der Waals surface area contributed by atoms with Crippen molar-refractivity contribution in [2.45, 2.75) is 45.8 Å². The number of carboxylic acid groups (broad SMARTS) is 1. The fraction of sp³-hybridized carbons (Fsp3) is 0.700. The van der Waals surface area contributed by atoms with Crippen LogP contribution in [0.1, 0.15) is 33.6 Å². The standard InChI is InChI=1S/C10H16O6/c1-4-5-8(11)15-7(3)10(14)16-6(2)9(12)13/h6-7H,4-5H2,1-3H3,(H,12,13)/t6-,7+/m1/s1. The molecule has 0 heterocycles. The Morgan fingerprint density at radius 2 is 1.69 bits per heavy atom. The molecule has 0 saturated heterocycles. The first-order valence-electron chi connectivity index (χ1n) is 5.01. The highest BCUT2D eigenvalue weighted by molar-refractivity contribution is 5.82. The molecule has 0 rings (SSSR count). The number of carbonyl (C=O) groups excluding carboxylic acids is 2. The van der Waals surface area contributed by atoms with Gasteiger partial charge >= 0.3 is 17.9 Å². The van der Waals surface area contributed by atoms with Crippen LogP contribution in [0, 0.1) is 0 Å². The molecule has 0 aromatic carbocycles. The molecular weight excluding hydrogens is 216 g/mol. The normalized spacial score (nSPS) is 13.7. The van der Waals surface area contributed by atoms with E-state index in [2.05, 4.69) is 4.74 Å². The van der Waals surface area contributed by atoms with Crippen molar-refractivity contribution >= 4 is 17.9 Å². The summed E-state index contributed by atoms with van der Waals surface area (Å²) >= 11 is 0. The third-order valence-electron chi connectivity index (χ3n) is 1.73. The van der Waals surface area contributed by atoms with Crippen molar-refractivity contribution in [1.29, 1.82) is 0 Å². The maximum Gasteiger partial charge on any atom is 0.347 e. The van der Waals surface area contributed by atoms with E-state index in [0.29, 0.717) is 6.42 Å². The lowest BCUT2D eigenvalue weighted by Gasteiger charge is -2.14. The lowest BCUT2D eigenvalue weighted by atomic mass is 10.3. The van der Waals surface area contributed by atoms with Gasteiger partial charge in [0.05, 0.1) is 0 Å². The molecule has 0 aromatic heterocycles. The molecule has 2 atom stereocenters. The molecular formula is C10H16O6. The van der Waals surface area contributed by atoms with Crippen LogP contribution in [-0.4, -0.2) is 35.2 Å². The molecule has 0 fully saturated rings. The Morgan fingerprint density at radius 1 is 1.12 bits per heavy atom. The van der Waals surface area contributed by atoms with Gasteiger partial charge in [-0.05, 0) is 20.3 Å². The summed E-state index contributed by atoms with van der Waals surface area (Å²) in [5.41, 5.74) is 0. The molecule has 0 bridgehead atoms. The van der Waals surface area contributed by atoms with Gasteiger partial charge in [-0.2, -0.15) is 0 Å². The summed E-state index contributed by atoms with van der Waals surface area (Å²) in [6.07, 6.45) is -1.50. The molecule has 6 nitrogen and oxygen atoms in total. The van der Waals surface area contributed by atoms with E-state index in [1.165, 1.54) is 13.8 Å². The Balaban J connectivity index is 4.08. The van der Waals surface area contributed by atoms with Crippen LogP contribution < -0.4 is 0 Å². The summed E-state index contributed by atoms with van der Waals surface area (Å²) in [6, 6.07) is 0. The second-order valence-electron chi connectivity index (χ2n) is 3.30. The molecule has 92 valence electrons. The molecule has 0 saturated carbocycles. The van der Waals surface area contributed by atoms with Crippen LogP contribution in [0.25, 0.3) is 0 Å². The predicted octanol–water partition coefficient (Wildman–Crippen LogP) is 0.734. The molecule has 0 unspecified atom stereocenters. The first-order valence-corrected chi connectivity index (χ1v) is 5.01. The average molecular weight is 232 g/mol. The van der Waals surface area contributed by atoms with E-state index in [-0.39, 0.29) is 6.42 Å². The van der Waals surface area contributed by atoms with Crippen LogP contribution >= 0.6 is 0 Å². The summed E-state index contributed by atoms with van der Waals surface area (Å²) in [6.45, 7) is 4.36. The smallest absolute Gasteiger partial charge is 0.347 e. The minimum atomic E-state index is -1.25. The number of hydrogen-bond donors (Lipinski definition) is 1. The van der Waals surface area contributed by atoms with Gasteiger partial charge in [-0.25, -0.2) is 9.59 Å². The monoisotopic (exact) mass is 232 g/mol. The van der Waals surface area contributed by atoms with E-state index in [1.54, 1.807) is 6.92 Å². The van der Waals surface area contributed by atoms with Gasteiger partial charge in [-0.15, -0.1) is 0 Å². The van der Waals surface area contributed by atoms with Crippen molar-refractivity contribution in [2.75, 3.05) is 0 Å². The van der Waals surface area contributed by atoms with E-state index >= 15 is 0 Å². The summed E-state index contributed by atoms with van der Waals surface area (Å²) in [7, 11) is 0. The van der Waals surface area contributed by atoms with Gasteiger partial charge in [0.1, 0.15) is 0 Å². The highest BCUT2D eigenvalue weighted by atomic mass is 16.6. The Hall–Kier alpha value is -1.59. The largest absolute Gasteiger partial charge is 0.479 e. The topological polar surface area (TPSA) is 89.9 Å². The van der Waals surface area contributed by atoms with Crippen LogP contribution in [0.2, 0.25) is 0 Å². The van der Waals surface area contributed by atoms with Gasteiger partial charge in [0.15, 0.2) is 12.2 Å². The SMILES string of the molecule is CCCC(=O)O[C@@H](C)C(=O)O[C@H](C)C(=O)O. The molecule has 0 aliphatic carbocycles. The molecule has 0 aliphatic heterocycles. The molecule has 1 N–H and O–H groups in total. The van der Waals surface area contributed by atoms with E-state index in [1.807, 2.05) is 0 Å². The Labute approximate surface area is 93.5 Å². The molecule has 16 heavy (non-hydrogen) atoms. The van der Waals surface area contributed by atoms with Crippen molar-refractivity contribution in [3.63, 3.8) is 0 Å². The highest BCUT2D eigenvalue weighted by Crippen LogP contribution is 2.02. The lowest BCUT2D eigenvalue weighted by Crippen LogP contribution is -2.32. The summed E-state index contributed by atoms with van der Waals surface area (Å²) in [4.78, 5) is 32.7. The van der Waals surface area contributed by atoms with Gasteiger partial charge in [0.25, 0.3) is 0 Å². The summed E-state index contributed by atoms with van der Waals surface area (Å²) in [5.74, 6) is -2.62. The minimum Gasteiger partial charge on any atom is -0.479 e.